The van der Waals surface area contributed by atoms with E-state index in [4.69, 9.17) is 8.94 Å². The lowest BCUT2D eigenvalue weighted by molar-refractivity contribution is 0.0946. The molecule has 1 aromatic carbocycles. The number of hydrogen-bond donors (Lipinski definition) is 2. The van der Waals surface area contributed by atoms with Gasteiger partial charge in [-0.3, -0.25) is 4.79 Å². The van der Waals surface area contributed by atoms with Gasteiger partial charge in [0.05, 0.1) is 6.26 Å². The lowest BCUT2D eigenvalue weighted by atomic mass is 10.3. The van der Waals surface area contributed by atoms with Gasteiger partial charge in [0, 0.05) is 24.8 Å². The van der Waals surface area contributed by atoms with Gasteiger partial charge in [-0.25, -0.2) is 0 Å². The molecular weight excluding hydrogens is 282 g/mol. The molecular formula is C16H15N3O3. The molecule has 6 heteroatoms. The zero-order valence-electron chi connectivity index (χ0n) is 11.8. The van der Waals surface area contributed by atoms with Crippen molar-refractivity contribution in [1.82, 2.24) is 10.5 Å². The van der Waals surface area contributed by atoms with E-state index in [-0.39, 0.29) is 11.6 Å². The molecule has 1 amide bonds. The molecule has 3 aromatic rings. The minimum Gasteiger partial charge on any atom is -0.461 e. The summed E-state index contributed by atoms with van der Waals surface area (Å²) in [7, 11) is 0. The number of furan rings is 1. The first-order valence-electron chi connectivity index (χ1n) is 6.90. The van der Waals surface area contributed by atoms with E-state index in [0.29, 0.717) is 24.6 Å². The molecule has 0 aliphatic heterocycles. The van der Waals surface area contributed by atoms with Crippen molar-refractivity contribution in [2.75, 3.05) is 18.4 Å². The monoisotopic (exact) mass is 297 g/mol. The quantitative estimate of drug-likeness (QED) is 0.684. The summed E-state index contributed by atoms with van der Waals surface area (Å²) in [6, 6.07) is 14.8. The van der Waals surface area contributed by atoms with Gasteiger partial charge in [-0.15, -0.1) is 0 Å². The third-order valence-electron chi connectivity index (χ3n) is 3.02. The molecule has 112 valence electrons. The van der Waals surface area contributed by atoms with Gasteiger partial charge in [0.15, 0.2) is 11.5 Å². The highest BCUT2D eigenvalue weighted by molar-refractivity contribution is 5.92. The van der Waals surface area contributed by atoms with E-state index in [1.54, 1.807) is 18.2 Å². The second-order valence-corrected chi connectivity index (χ2v) is 4.60. The molecule has 6 nitrogen and oxygen atoms in total. The number of carbonyl (C=O) groups is 1. The number of nitrogens with one attached hydrogen (secondary N) is 2. The normalized spacial score (nSPS) is 10.4. The van der Waals surface area contributed by atoms with Crippen molar-refractivity contribution in [2.45, 2.75) is 0 Å². The second-order valence-electron chi connectivity index (χ2n) is 4.60. The molecule has 0 bridgehead atoms. The fraction of sp³-hybridized carbons (Fsp3) is 0.125. The molecule has 3 rings (SSSR count). The maximum Gasteiger partial charge on any atom is 0.273 e. The summed E-state index contributed by atoms with van der Waals surface area (Å²) in [5.74, 6) is 0.686. The molecule has 0 saturated carbocycles. The van der Waals surface area contributed by atoms with Crippen LogP contribution in [0.5, 0.6) is 0 Å². The fourth-order valence-corrected chi connectivity index (χ4v) is 1.95. The van der Waals surface area contributed by atoms with Gasteiger partial charge in [0.1, 0.15) is 0 Å². The highest BCUT2D eigenvalue weighted by Crippen LogP contribution is 2.20. The molecule has 0 atom stereocenters. The van der Waals surface area contributed by atoms with Gasteiger partial charge in [-0.1, -0.05) is 23.4 Å². The fourth-order valence-electron chi connectivity index (χ4n) is 1.95. The Balaban J connectivity index is 1.48. The topological polar surface area (TPSA) is 80.3 Å². The average molecular weight is 297 g/mol. The Morgan fingerprint density at radius 3 is 2.68 bits per heavy atom. The summed E-state index contributed by atoms with van der Waals surface area (Å²) >= 11 is 0. The van der Waals surface area contributed by atoms with Crippen LogP contribution in [0.3, 0.4) is 0 Å². The molecule has 0 fully saturated rings. The molecule has 2 heterocycles. The molecule has 2 aromatic heterocycles. The van der Waals surface area contributed by atoms with Crippen molar-refractivity contribution in [3.8, 4) is 11.5 Å². The molecule has 0 unspecified atom stereocenters. The summed E-state index contributed by atoms with van der Waals surface area (Å²) in [5.41, 5.74) is 1.24. The van der Waals surface area contributed by atoms with E-state index in [1.165, 1.54) is 6.26 Å². The van der Waals surface area contributed by atoms with E-state index >= 15 is 0 Å². The minimum absolute atomic E-state index is 0.228. The first-order chi connectivity index (χ1) is 10.8. The van der Waals surface area contributed by atoms with Crippen LogP contribution in [0.2, 0.25) is 0 Å². The number of para-hydroxylation sites is 1. The number of hydrogen-bond acceptors (Lipinski definition) is 5. The number of aromatic nitrogens is 1. The molecule has 0 spiro atoms. The second kappa shape index (κ2) is 6.62. The maximum atomic E-state index is 11.9. The van der Waals surface area contributed by atoms with Crippen LogP contribution < -0.4 is 10.6 Å². The highest BCUT2D eigenvalue weighted by atomic mass is 16.5. The lowest BCUT2D eigenvalue weighted by Crippen LogP contribution is -2.28. The van der Waals surface area contributed by atoms with Crippen LogP contribution in [0.4, 0.5) is 5.69 Å². The van der Waals surface area contributed by atoms with Crippen LogP contribution in [0.15, 0.2) is 63.7 Å². The SMILES string of the molecule is O=C(NCCNc1ccccc1)c1cc(-c2ccco2)on1. The Bertz CT molecular complexity index is 720. The zero-order chi connectivity index (χ0) is 15.2. The number of amides is 1. The van der Waals surface area contributed by atoms with Crippen LogP contribution in [0.1, 0.15) is 10.5 Å². The van der Waals surface area contributed by atoms with Crippen molar-refractivity contribution in [1.29, 1.82) is 0 Å². The van der Waals surface area contributed by atoms with Crippen LogP contribution in [-0.2, 0) is 0 Å². The lowest BCUT2D eigenvalue weighted by Gasteiger charge is -2.06. The van der Waals surface area contributed by atoms with Crippen molar-refractivity contribution >= 4 is 11.6 Å². The van der Waals surface area contributed by atoms with E-state index in [9.17, 15) is 4.79 Å². The summed E-state index contributed by atoms with van der Waals surface area (Å²) in [6.07, 6.45) is 1.53. The van der Waals surface area contributed by atoms with Crippen molar-refractivity contribution in [3.63, 3.8) is 0 Å². The van der Waals surface area contributed by atoms with Gasteiger partial charge in [-0.2, -0.15) is 0 Å². The van der Waals surface area contributed by atoms with Crippen molar-refractivity contribution < 1.29 is 13.7 Å². The van der Waals surface area contributed by atoms with Crippen LogP contribution >= 0.6 is 0 Å². The molecule has 0 radical (unpaired) electrons. The van der Waals surface area contributed by atoms with Crippen LogP contribution in [0.25, 0.3) is 11.5 Å². The predicted molar refractivity (Wildman–Crippen MR) is 81.5 cm³/mol. The van der Waals surface area contributed by atoms with Gasteiger partial charge in [-0.05, 0) is 24.3 Å². The van der Waals surface area contributed by atoms with E-state index in [1.807, 2.05) is 30.3 Å². The van der Waals surface area contributed by atoms with E-state index in [2.05, 4.69) is 15.8 Å². The molecule has 0 aliphatic rings. The Morgan fingerprint density at radius 2 is 1.91 bits per heavy atom. The number of benzene rings is 1. The zero-order valence-corrected chi connectivity index (χ0v) is 11.8. The first kappa shape index (κ1) is 13.9. The number of anilines is 1. The largest absolute Gasteiger partial charge is 0.461 e. The van der Waals surface area contributed by atoms with Crippen LogP contribution in [-0.4, -0.2) is 24.2 Å². The number of nitrogens with zero attached hydrogens (tertiary/aromatic N) is 1. The summed E-state index contributed by atoms with van der Waals surface area (Å²) < 4.78 is 10.3. The summed E-state index contributed by atoms with van der Waals surface area (Å²) in [4.78, 5) is 11.9. The Morgan fingerprint density at radius 1 is 1.05 bits per heavy atom. The van der Waals surface area contributed by atoms with Gasteiger partial charge >= 0.3 is 0 Å². The first-order valence-corrected chi connectivity index (χ1v) is 6.90. The molecule has 0 aliphatic carbocycles. The molecule has 22 heavy (non-hydrogen) atoms. The van der Waals surface area contributed by atoms with E-state index in [0.717, 1.165) is 5.69 Å². The van der Waals surface area contributed by atoms with Gasteiger partial charge in [0.2, 0.25) is 5.76 Å². The number of carbonyl (C=O) groups excluding carboxylic acids is 1. The van der Waals surface area contributed by atoms with Crippen molar-refractivity contribution in [3.05, 3.63) is 60.5 Å². The molecule has 2 N–H and O–H groups in total. The smallest absolute Gasteiger partial charge is 0.273 e. The average Bonchev–Trinajstić information content (AvgIpc) is 3.22. The number of rotatable bonds is 6. The third kappa shape index (κ3) is 3.35. The third-order valence-corrected chi connectivity index (χ3v) is 3.02. The minimum atomic E-state index is -0.281. The van der Waals surface area contributed by atoms with Gasteiger partial charge < -0.3 is 19.6 Å². The standard InChI is InChI=1S/C16H15N3O3/c20-16(18-9-8-17-12-5-2-1-3-6-12)13-11-15(22-19-13)14-7-4-10-21-14/h1-7,10-11,17H,8-9H2,(H,18,20). The van der Waals surface area contributed by atoms with E-state index < -0.39 is 0 Å². The Kier molecular flexibility index (Phi) is 4.20. The van der Waals surface area contributed by atoms with Crippen LogP contribution in [0, 0.1) is 0 Å². The Hall–Kier alpha value is -3.02. The molecule has 0 saturated heterocycles. The summed E-state index contributed by atoms with van der Waals surface area (Å²) in [5, 5.41) is 9.72. The predicted octanol–water partition coefficient (Wildman–Crippen LogP) is 2.78. The summed E-state index contributed by atoms with van der Waals surface area (Å²) in [6.45, 7) is 1.11. The maximum absolute atomic E-state index is 11.9. The van der Waals surface area contributed by atoms with Crippen molar-refractivity contribution in [2.24, 2.45) is 0 Å². The Labute approximate surface area is 127 Å². The van der Waals surface area contributed by atoms with Gasteiger partial charge in [0.25, 0.3) is 5.91 Å². The highest BCUT2D eigenvalue weighted by Gasteiger charge is 2.14.